The van der Waals surface area contributed by atoms with Crippen molar-refractivity contribution < 1.29 is 14.4 Å². The van der Waals surface area contributed by atoms with Gasteiger partial charge in [-0.25, -0.2) is 0 Å². The molecule has 3 amide bonds. The minimum absolute atomic E-state index is 0.0988. The Kier molecular flexibility index (Phi) is 5.85. The molecule has 0 aromatic heterocycles. The molecule has 1 aliphatic heterocycles. The number of amides is 3. The van der Waals surface area contributed by atoms with Crippen LogP contribution < -0.4 is 0 Å². The molecule has 1 aromatic rings. The molecule has 0 unspecified atom stereocenters. The highest BCUT2D eigenvalue weighted by molar-refractivity contribution is 6.02. The van der Waals surface area contributed by atoms with Crippen molar-refractivity contribution in [2.24, 2.45) is 0 Å². The number of likely N-dealkylation sites (tertiary alicyclic amines) is 1. The van der Waals surface area contributed by atoms with Gasteiger partial charge >= 0.3 is 0 Å². The number of rotatable bonds is 7. The van der Waals surface area contributed by atoms with Crippen LogP contribution in [-0.2, 0) is 20.9 Å². The van der Waals surface area contributed by atoms with Crippen LogP contribution in [0.25, 0.3) is 0 Å². The second-order valence-electron chi connectivity index (χ2n) is 5.56. The number of hydrogen-bond donors (Lipinski definition) is 0. The molecule has 0 atom stereocenters. The number of nitrogens with zero attached hydrogens (tertiary/aromatic N) is 3. The minimum Gasteiger partial charge on any atom is -0.335 e. The third-order valence-corrected chi connectivity index (χ3v) is 3.86. The number of carbonyl (C=O) groups excluding carboxylic acids is 3. The van der Waals surface area contributed by atoms with E-state index < -0.39 is 0 Å². The Balaban J connectivity index is 1.96. The molecule has 1 saturated heterocycles. The Hall–Kier alpha value is -2.94. The van der Waals surface area contributed by atoms with Crippen molar-refractivity contribution >= 4 is 17.7 Å². The molecule has 24 heavy (non-hydrogen) atoms. The average Bonchev–Trinajstić information content (AvgIpc) is 2.91. The molecule has 0 saturated carbocycles. The molecule has 0 spiro atoms. The lowest BCUT2D eigenvalue weighted by Gasteiger charge is -2.22. The summed E-state index contributed by atoms with van der Waals surface area (Å²) in [5.74, 6) is -0.572. The largest absolute Gasteiger partial charge is 0.335 e. The van der Waals surface area contributed by atoms with Crippen LogP contribution in [-0.4, -0.2) is 40.6 Å². The fourth-order valence-electron chi connectivity index (χ4n) is 2.55. The Morgan fingerprint density at radius 1 is 1.25 bits per heavy atom. The lowest BCUT2D eigenvalue weighted by atomic mass is 10.1. The summed E-state index contributed by atoms with van der Waals surface area (Å²) >= 11 is 0. The van der Waals surface area contributed by atoms with Gasteiger partial charge in [0.05, 0.1) is 11.6 Å². The molecule has 0 radical (unpaired) electrons. The van der Waals surface area contributed by atoms with E-state index in [0.717, 1.165) is 10.5 Å². The van der Waals surface area contributed by atoms with E-state index in [0.29, 0.717) is 18.7 Å². The van der Waals surface area contributed by atoms with Gasteiger partial charge in [0, 0.05) is 38.9 Å². The monoisotopic (exact) mass is 325 g/mol. The van der Waals surface area contributed by atoms with Gasteiger partial charge < -0.3 is 4.90 Å². The van der Waals surface area contributed by atoms with Gasteiger partial charge in [-0.05, 0) is 17.7 Å². The second-order valence-corrected chi connectivity index (χ2v) is 5.56. The molecular formula is C18H19N3O3. The molecule has 1 heterocycles. The molecule has 2 rings (SSSR count). The maximum absolute atomic E-state index is 12.4. The fraction of sp³-hybridized carbons (Fsp3) is 0.333. The van der Waals surface area contributed by atoms with Crippen LogP contribution in [0.4, 0.5) is 0 Å². The molecule has 0 aliphatic carbocycles. The van der Waals surface area contributed by atoms with Crippen LogP contribution in [0.5, 0.6) is 0 Å². The number of nitriles is 1. The van der Waals surface area contributed by atoms with E-state index in [9.17, 15) is 14.4 Å². The van der Waals surface area contributed by atoms with Gasteiger partial charge in [0.1, 0.15) is 0 Å². The van der Waals surface area contributed by atoms with Gasteiger partial charge in [-0.3, -0.25) is 19.3 Å². The Labute approximate surface area is 141 Å². The summed E-state index contributed by atoms with van der Waals surface area (Å²) in [7, 11) is 0. The lowest BCUT2D eigenvalue weighted by molar-refractivity contribution is -0.139. The number of imide groups is 1. The normalized spacial score (nSPS) is 13.7. The lowest BCUT2D eigenvalue weighted by Crippen LogP contribution is -2.36. The van der Waals surface area contributed by atoms with Gasteiger partial charge in [0.2, 0.25) is 17.7 Å². The first-order valence-electron chi connectivity index (χ1n) is 7.76. The zero-order valence-electron chi connectivity index (χ0n) is 13.4. The molecule has 1 fully saturated rings. The van der Waals surface area contributed by atoms with Gasteiger partial charge in [-0.1, -0.05) is 18.2 Å². The minimum atomic E-state index is -0.213. The maximum Gasteiger partial charge on any atom is 0.229 e. The van der Waals surface area contributed by atoms with Gasteiger partial charge in [-0.2, -0.15) is 5.26 Å². The van der Waals surface area contributed by atoms with E-state index in [4.69, 9.17) is 5.26 Å². The number of benzene rings is 1. The summed E-state index contributed by atoms with van der Waals surface area (Å²) in [4.78, 5) is 38.3. The summed E-state index contributed by atoms with van der Waals surface area (Å²) < 4.78 is 0. The first-order valence-corrected chi connectivity index (χ1v) is 7.76. The Bertz CT molecular complexity index is 672. The molecular weight excluding hydrogens is 306 g/mol. The maximum atomic E-state index is 12.4. The van der Waals surface area contributed by atoms with E-state index in [2.05, 4.69) is 6.58 Å². The van der Waals surface area contributed by atoms with Gasteiger partial charge in [0.25, 0.3) is 0 Å². The summed E-state index contributed by atoms with van der Waals surface area (Å²) in [6.45, 7) is 4.54. The number of hydrogen-bond acceptors (Lipinski definition) is 4. The van der Waals surface area contributed by atoms with Crippen LogP contribution >= 0.6 is 0 Å². The highest BCUT2D eigenvalue weighted by Crippen LogP contribution is 2.13. The highest BCUT2D eigenvalue weighted by atomic mass is 16.2. The van der Waals surface area contributed by atoms with Crippen LogP contribution in [0.3, 0.4) is 0 Å². The number of carbonyl (C=O) groups is 3. The van der Waals surface area contributed by atoms with Crippen molar-refractivity contribution in [3.8, 4) is 6.07 Å². The summed E-state index contributed by atoms with van der Waals surface area (Å²) in [5, 5.41) is 8.81. The fourth-order valence-corrected chi connectivity index (χ4v) is 2.55. The summed E-state index contributed by atoms with van der Waals surface area (Å²) in [6, 6.07) is 9.05. The predicted octanol–water partition coefficient (Wildman–Crippen LogP) is 1.61. The Morgan fingerprint density at radius 3 is 2.42 bits per heavy atom. The third kappa shape index (κ3) is 4.29. The highest BCUT2D eigenvalue weighted by Gasteiger charge is 2.29. The second kappa shape index (κ2) is 8.06. The zero-order valence-corrected chi connectivity index (χ0v) is 13.4. The predicted molar refractivity (Wildman–Crippen MR) is 87.3 cm³/mol. The van der Waals surface area contributed by atoms with E-state index in [1.165, 1.54) is 0 Å². The van der Waals surface area contributed by atoms with E-state index in [-0.39, 0.29) is 43.5 Å². The summed E-state index contributed by atoms with van der Waals surface area (Å²) in [5.41, 5.74) is 1.46. The van der Waals surface area contributed by atoms with Crippen molar-refractivity contribution in [1.82, 2.24) is 9.80 Å². The van der Waals surface area contributed by atoms with Crippen LogP contribution in [0, 0.1) is 11.3 Å². The van der Waals surface area contributed by atoms with Crippen LogP contribution in [0.2, 0.25) is 0 Å². The van der Waals surface area contributed by atoms with Crippen LogP contribution in [0.1, 0.15) is 30.4 Å². The third-order valence-electron chi connectivity index (χ3n) is 3.86. The van der Waals surface area contributed by atoms with Crippen molar-refractivity contribution in [3.63, 3.8) is 0 Å². The van der Waals surface area contributed by atoms with Gasteiger partial charge in [0.15, 0.2) is 0 Å². The van der Waals surface area contributed by atoms with Crippen molar-refractivity contribution in [2.45, 2.75) is 25.8 Å². The van der Waals surface area contributed by atoms with Crippen molar-refractivity contribution in [1.29, 1.82) is 5.26 Å². The topological polar surface area (TPSA) is 81.5 Å². The average molecular weight is 325 g/mol. The molecule has 1 aliphatic rings. The van der Waals surface area contributed by atoms with Crippen molar-refractivity contribution in [2.75, 3.05) is 13.1 Å². The van der Waals surface area contributed by atoms with Gasteiger partial charge in [-0.15, -0.1) is 6.58 Å². The van der Waals surface area contributed by atoms with E-state index >= 15 is 0 Å². The van der Waals surface area contributed by atoms with E-state index in [1.807, 2.05) is 6.07 Å². The first kappa shape index (κ1) is 17.4. The molecule has 1 aromatic carbocycles. The molecule has 0 bridgehead atoms. The van der Waals surface area contributed by atoms with E-state index in [1.54, 1.807) is 35.2 Å². The first-order chi connectivity index (χ1) is 11.5. The molecule has 124 valence electrons. The van der Waals surface area contributed by atoms with Crippen molar-refractivity contribution in [3.05, 3.63) is 48.0 Å². The standard InChI is InChI=1S/C18H19N3O3/c1-2-10-20(13-15-5-3-14(12-19)4-6-15)16(22)9-11-21-17(23)7-8-18(21)24/h2-6H,1,7-11,13H2. The quantitative estimate of drug-likeness (QED) is 0.563. The molecule has 6 nitrogen and oxygen atoms in total. The smallest absolute Gasteiger partial charge is 0.229 e. The molecule has 6 heteroatoms. The SMILES string of the molecule is C=CCN(Cc1ccc(C#N)cc1)C(=O)CCN1C(=O)CCC1=O. The van der Waals surface area contributed by atoms with Crippen LogP contribution in [0.15, 0.2) is 36.9 Å². The Morgan fingerprint density at radius 2 is 1.88 bits per heavy atom. The summed E-state index contributed by atoms with van der Waals surface area (Å²) in [6.07, 6.45) is 2.19. The molecule has 0 N–H and O–H groups in total. The zero-order chi connectivity index (χ0) is 17.5.